The zero-order valence-corrected chi connectivity index (χ0v) is 42.0. The van der Waals surface area contributed by atoms with Crippen LogP contribution in [0.1, 0.15) is 0 Å². The van der Waals surface area contributed by atoms with E-state index < -0.39 is 41.9 Å². The van der Waals surface area contributed by atoms with Crippen molar-refractivity contribution in [3.05, 3.63) is 243 Å². The minimum absolute atomic E-state index is 0. The van der Waals surface area contributed by atoms with Crippen LogP contribution in [0, 0.1) is 10.2 Å². The van der Waals surface area contributed by atoms with E-state index in [4.69, 9.17) is 18.6 Å². The smallest absolute Gasteiger partial charge is 2.00 e. The first kappa shape index (κ1) is 54.6. The molecule has 8 aromatic carbocycles. The molecule has 0 amide bonds. The van der Waals surface area contributed by atoms with Crippen molar-refractivity contribution < 1.29 is 60.9 Å². The Morgan fingerprint density at radius 2 is 0.344 bits per heavy atom. The van der Waals surface area contributed by atoms with Gasteiger partial charge in [0.1, 0.15) is 24.6 Å². The van der Waals surface area contributed by atoms with Crippen molar-refractivity contribution in [1.82, 2.24) is 0 Å². The molecule has 0 fully saturated rings. The van der Waals surface area contributed by atoms with Gasteiger partial charge in [0.15, 0.2) is 0 Å². The van der Waals surface area contributed by atoms with Crippen molar-refractivity contribution in [3.63, 3.8) is 0 Å². The number of hydrogen-bond donors (Lipinski definition) is 0. The molecule has 0 saturated carbocycles. The standard InChI is InChI=1S/2C26H24P2.ClHO4.Mo.H2O.O/c2*1-5-13-23(14-6-1)27(24-15-7-2-8-16-24)21-22-28(25-17-9-3-10-18-25)26-19-11-4-12-20-26;2-1(3,4)5;;;/h2*1-20H,21-22H2;(H,2,3,4,5);;1H2;/q;;;+4;;-2/p+2. The SMILES string of the molecule is [Mo+4].[O-2].[O-][Cl+3]([O-])([O-])[O-].[OH-].c1ccc([PH+](CC[PH+](c2ccccc2)c2ccccc2)c2ccccc2)cc1.c1ccc([PH+](CC[PH+](c2ccccc2)c2ccccc2)c2ccccc2)cc1. The molecule has 0 aromatic heterocycles. The average molecular weight is 1030 g/mol. The van der Waals surface area contributed by atoms with E-state index in [2.05, 4.69) is 243 Å². The van der Waals surface area contributed by atoms with Crippen LogP contribution in [-0.4, -0.2) is 30.1 Å². The molecule has 0 aliphatic heterocycles. The first-order chi connectivity index (χ1) is 29.8. The Kier molecular flexibility index (Phi) is 25.3. The second-order valence-electron chi connectivity index (χ2n) is 14.2. The summed E-state index contributed by atoms with van der Waals surface area (Å²) >= 11 is 0. The summed E-state index contributed by atoms with van der Waals surface area (Å²) in [6.45, 7) is 0. The van der Waals surface area contributed by atoms with E-state index in [0.29, 0.717) is 0 Å². The van der Waals surface area contributed by atoms with Gasteiger partial charge in [0.2, 0.25) is 0 Å². The van der Waals surface area contributed by atoms with Gasteiger partial charge < -0.3 is 11.0 Å². The Bertz CT molecular complexity index is 1880. The Labute approximate surface area is 399 Å². The molecule has 1 N–H and O–H groups in total. The van der Waals surface area contributed by atoms with Gasteiger partial charge in [-0.1, -0.05) is 146 Å². The minimum atomic E-state index is -4.94. The largest absolute Gasteiger partial charge is 4.00 e. The summed E-state index contributed by atoms with van der Waals surface area (Å²) in [5.41, 5.74) is 0. The maximum absolute atomic E-state index is 8.49. The van der Waals surface area contributed by atoms with Gasteiger partial charge in [0, 0.05) is 0 Å². The molecule has 0 spiro atoms. The molecule has 326 valence electrons. The normalized spacial score (nSPS) is 10.6. The van der Waals surface area contributed by atoms with Gasteiger partial charge >= 0.3 is 21.1 Å². The predicted octanol–water partition coefficient (Wildman–Crippen LogP) is 4.38. The van der Waals surface area contributed by atoms with Crippen LogP contribution in [0.15, 0.2) is 243 Å². The first-order valence-electron chi connectivity index (χ1n) is 20.3. The zero-order valence-electron chi connectivity index (χ0n) is 35.2. The molecule has 0 saturated heterocycles. The van der Waals surface area contributed by atoms with E-state index in [1.165, 1.54) is 67.1 Å². The predicted molar refractivity (Wildman–Crippen MR) is 264 cm³/mol. The van der Waals surface area contributed by atoms with Gasteiger partial charge in [0.25, 0.3) is 0 Å². The molecule has 6 nitrogen and oxygen atoms in total. The summed E-state index contributed by atoms with van der Waals surface area (Å²) in [5.74, 6) is 0. The number of hydrogen-bond acceptors (Lipinski definition) is 5. The first-order valence-corrected chi connectivity index (χ1v) is 28.4. The number of halogens is 1. The fraction of sp³-hybridized carbons (Fsp3) is 0.0769. The van der Waals surface area contributed by atoms with Gasteiger partial charge in [-0.05, 0) is 97.1 Å². The Morgan fingerprint density at radius 3 is 0.438 bits per heavy atom. The fourth-order valence-electron chi connectivity index (χ4n) is 7.44. The molecular weight excluding hydrogens is 976 g/mol. The van der Waals surface area contributed by atoms with Crippen LogP contribution in [0.25, 0.3) is 0 Å². The summed E-state index contributed by atoms with van der Waals surface area (Å²) in [7, 11) is -8.08. The maximum atomic E-state index is 8.49. The van der Waals surface area contributed by atoms with E-state index in [9.17, 15) is 0 Å². The van der Waals surface area contributed by atoms with E-state index >= 15 is 0 Å². The van der Waals surface area contributed by atoms with Gasteiger partial charge in [-0.2, -0.15) is 0 Å². The molecule has 0 atom stereocenters. The minimum Gasteiger partial charge on any atom is -2.00 e. The van der Waals surface area contributed by atoms with Crippen LogP contribution >= 0.6 is 31.7 Å². The van der Waals surface area contributed by atoms with Gasteiger partial charge in [-0.3, -0.25) is 0 Å². The molecule has 0 aliphatic rings. The monoisotopic (exact) mass is 1030 g/mol. The van der Waals surface area contributed by atoms with Crippen molar-refractivity contribution in [1.29, 1.82) is 0 Å². The quantitative estimate of drug-likeness (QED) is 0.117. The molecule has 64 heavy (non-hydrogen) atoms. The summed E-state index contributed by atoms with van der Waals surface area (Å²) in [5, 5.41) is 12.1. The van der Waals surface area contributed by atoms with Crippen LogP contribution in [0.4, 0.5) is 0 Å². The van der Waals surface area contributed by atoms with Crippen LogP contribution in [0.3, 0.4) is 0 Å². The molecule has 0 bridgehead atoms. The van der Waals surface area contributed by atoms with Crippen molar-refractivity contribution >= 4 is 74.1 Å². The van der Waals surface area contributed by atoms with Gasteiger partial charge in [-0.15, -0.1) is 10.2 Å². The third-order valence-electron chi connectivity index (χ3n) is 10.2. The Balaban J connectivity index is 0.000000295. The van der Waals surface area contributed by atoms with Crippen molar-refractivity contribution in [2.75, 3.05) is 24.6 Å². The van der Waals surface area contributed by atoms with E-state index in [1.807, 2.05) is 0 Å². The molecule has 8 rings (SSSR count). The van der Waals surface area contributed by atoms with Crippen LogP contribution in [0.5, 0.6) is 0 Å². The molecular formula is C52H53ClMoO6P4+4. The average Bonchev–Trinajstić information content (AvgIpc) is 3.31. The molecule has 0 radical (unpaired) electrons. The Morgan fingerprint density at radius 1 is 0.250 bits per heavy atom. The van der Waals surface area contributed by atoms with Gasteiger partial charge in [-0.25, -0.2) is 18.6 Å². The summed E-state index contributed by atoms with van der Waals surface area (Å²) in [6, 6.07) is 89.0. The fourth-order valence-corrected chi connectivity index (χ4v) is 19.8. The van der Waals surface area contributed by atoms with Crippen LogP contribution in [0.2, 0.25) is 0 Å². The second kappa shape index (κ2) is 29.7. The summed E-state index contributed by atoms with van der Waals surface area (Å²) < 4.78 is 34.0. The number of rotatable bonds is 14. The molecule has 8 aromatic rings. The second-order valence-corrected chi connectivity index (χ2v) is 25.4. The topological polar surface area (TPSA) is 151 Å². The van der Waals surface area contributed by atoms with E-state index in [-0.39, 0.29) is 32.0 Å². The summed E-state index contributed by atoms with van der Waals surface area (Å²) in [6.07, 6.45) is 5.04. The number of benzene rings is 8. The van der Waals surface area contributed by atoms with E-state index in [1.54, 1.807) is 0 Å². The van der Waals surface area contributed by atoms with Crippen molar-refractivity contribution in [2.24, 2.45) is 0 Å². The molecule has 0 unspecified atom stereocenters. The van der Waals surface area contributed by atoms with Crippen LogP contribution < -0.4 is 61.1 Å². The third kappa shape index (κ3) is 18.2. The Hall–Kier alpha value is -3.78. The summed E-state index contributed by atoms with van der Waals surface area (Å²) in [4.78, 5) is 0. The van der Waals surface area contributed by atoms with Crippen molar-refractivity contribution in [2.45, 2.75) is 0 Å². The molecule has 0 heterocycles. The molecule has 12 heteroatoms. The maximum Gasteiger partial charge on any atom is 4.00 e. The van der Waals surface area contributed by atoms with Gasteiger partial charge in [0.05, 0.1) is 74.1 Å². The van der Waals surface area contributed by atoms with Crippen LogP contribution in [-0.2, 0) is 26.5 Å². The zero-order chi connectivity index (χ0) is 42.5. The van der Waals surface area contributed by atoms with E-state index in [0.717, 1.165) is 0 Å². The molecule has 0 aliphatic carbocycles. The third-order valence-corrected chi connectivity index (χ3v) is 22.5. The van der Waals surface area contributed by atoms with Crippen molar-refractivity contribution in [3.8, 4) is 0 Å².